The first kappa shape index (κ1) is 11.8. The molecule has 0 aliphatic rings. The van der Waals surface area contributed by atoms with E-state index in [-0.39, 0.29) is 11.7 Å². The number of Topliss-reactive ketones (excluding diaryl/α,β-unsaturated/α-hetero) is 1. The Bertz CT molecular complexity index is 529. The summed E-state index contributed by atoms with van der Waals surface area (Å²) in [7, 11) is 0. The Hall–Kier alpha value is -1.70. The maximum atomic E-state index is 12.2. The van der Waals surface area contributed by atoms with Crippen LogP contribution in [-0.4, -0.2) is 10.8 Å². The summed E-state index contributed by atoms with van der Waals surface area (Å²) in [5.41, 5.74) is 1.74. The molecule has 17 heavy (non-hydrogen) atoms. The van der Waals surface area contributed by atoms with Crippen LogP contribution in [0.1, 0.15) is 37.0 Å². The molecule has 2 nitrogen and oxygen atoms in total. The van der Waals surface area contributed by atoms with Gasteiger partial charge in [-0.2, -0.15) is 0 Å². The van der Waals surface area contributed by atoms with Crippen LogP contribution in [0.15, 0.2) is 36.5 Å². The second-order valence-corrected chi connectivity index (χ2v) is 4.29. The van der Waals surface area contributed by atoms with E-state index < -0.39 is 0 Å². The topological polar surface area (TPSA) is 30.0 Å². The van der Waals surface area contributed by atoms with Crippen molar-refractivity contribution in [2.45, 2.75) is 26.7 Å². The zero-order valence-corrected chi connectivity index (χ0v) is 10.3. The Labute approximate surface area is 102 Å². The molecule has 0 atom stereocenters. The van der Waals surface area contributed by atoms with Crippen molar-refractivity contribution in [1.29, 1.82) is 0 Å². The zero-order valence-electron chi connectivity index (χ0n) is 10.3. The molecule has 0 aliphatic carbocycles. The highest BCUT2D eigenvalue weighted by Gasteiger charge is 2.16. The molecule has 1 aromatic carbocycles. The third-order valence-corrected chi connectivity index (χ3v) is 3.24. The Morgan fingerprint density at radius 3 is 2.71 bits per heavy atom. The van der Waals surface area contributed by atoms with Crippen LogP contribution in [0, 0.1) is 5.92 Å². The molecule has 0 spiro atoms. The van der Waals surface area contributed by atoms with Crippen LogP contribution in [0.3, 0.4) is 0 Å². The highest BCUT2D eigenvalue weighted by atomic mass is 16.1. The highest BCUT2D eigenvalue weighted by Crippen LogP contribution is 2.19. The van der Waals surface area contributed by atoms with Crippen molar-refractivity contribution in [1.82, 2.24) is 4.98 Å². The van der Waals surface area contributed by atoms with E-state index >= 15 is 0 Å². The van der Waals surface area contributed by atoms with Crippen LogP contribution in [0.5, 0.6) is 0 Å². The molecule has 2 heteroatoms. The smallest absolute Gasteiger partial charge is 0.165 e. The summed E-state index contributed by atoms with van der Waals surface area (Å²) in [6, 6.07) is 9.64. The molecule has 0 aliphatic heterocycles. The number of ketones is 1. The third-order valence-electron chi connectivity index (χ3n) is 3.24. The molecular formula is C15H17NO. The van der Waals surface area contributed by atoms with Gasteiger partial charge in [-0.1, -0.05) is 19.9 Å². The number of fused-ring (bicyclic) bond motifs is 1. The predicted molar refractivity (Wildman–Crippen MR) is 70.1 cm³/mol. The minimum atomic E-state index is 0.143. The molecule has 0 amide bonds. The van der Waals surface area contributed by atoms with Crippen molar-refractivity contribution >= 4 is 16.7 Å². The quantitative estimate of drug-likeness (QED) is 0.742. The molecule has 0 N–H and O–H groups in total. The van der Waals surface area contributed by atoms with Crippen LogP contribution in [0.4, 0.5) is 0 Å². The van der Waals surface area contributed by atoms with Gasteiger partial charge in [0.15, 0.2) is 5.78 Å². The first-order chi connectivity index (χ1) is 8.26. The van der Waals surface area contributed by atoms with Gasteiger partial charge in [0, 0.05) is 23.1 Å². The van der Waals surface area contributed by atoms with Gasteiger partial charge in [0.2, 0.25) is 0 Å². The number of aromatic nitrogens is 1. The molecule has 88 valence electrons. The summed E-state index contributed by atoms with van der Waals surface area (Å²) >= 11 is 0. The number of pyridine rings is 1. The number of carbonyl (C=O) groups is 1. The van der Waals surface area contributed by atoms with Gasteiger partial charge in [-0.25, -0.2) is 0 Å². The Balaban J connectivity index is 2.39. The Morgan fingerprint density at radius 1 is 1.24 bits per heavy atom. The van der Waals surface area contributed by atoms with Crippen molar-refractivity contribution in [3.05, 3.63) is 42.1 Å². The molecule has 0 unspecified atom stereocenters. The lowest BCUT2D eigenvalue weighted by molar-refractivity contribution is 0.0913. The largest absolute Gasteiger partial charge is 0.294 e. The normalized spacial score (nSPS) is 11.0. The van der Waals surface area contributed by atoms with Crippen molar-refractivity contribution in [3.8, 4) is 0 Å². The maximum Gasteiger partial charge on any atom is 0.165 e. The van der Waals surface area contributed by atoms with E-state index in [1.165, 1.54) is 0 Å². The van der Waals surface area contributed by atoms with Gasteiger partial charge in [0.05, 0.1) is 5.52 Å². The predicted octanol–water partition coefficient (Wildman–Crippen LogP) is 3.85. The number of hydrogen-bond acceptors (Lipinski definition) is 2. The van der Waals surface area contributed by atoms with Crippen LogP contribution >= 0.6 is 0 Å². The fourth-order valence-corrected chi connectivity index (χ4v) is 2.12. The highest BCUT2D eigenvalue weighted by molar-refractivity contribution is 6.00. The molecular weight excluding hydrogens is 210 g/mol. The Kier molecular flexibility index (Phi) is 3.52. The summed E-state index contributed by atoms with van der Waals surface area (Å²) in [5, 5.41) is 1.03. The van der Waals surface area contributed by atoms with Gasteiger partial charge in [0.25, 0.3) is 0 Å². The maximum absolute atomic E-state index is 12.2. The van der Waals surface area contributed by atoms with Gasteiger partial charge in [-0.15, -0.1) is 0 Å². The molecule has 2 rings (SSSR count). The summed E-state index contributed by atoms with van der Waals surface area (Å²) in [4.78, 5) is 16.5. The molecule has 0 saturated carbocycles. The summed E-state index contributed by atoms with van der Waals surface area (Å²) < 4.78 is 0. The molecule has 1 heterocycles. The van der Waals surface area contributed by atoms with Gasteiger partial charge in [0.1, 0.15) is 0 Å². The van der Waals surface area contributed by atoms with E-state index in [4.69, 9.17) is 0 Å². The number of rotatable bonds is 4. The molecule has 2 aromatic rings. The van der Waals surface area contributed by atoms with E-state index in [9.17, 15) is 4.79 Å². The fourth-order valence-electron chi connectivity index (χ4n) is 2.12. The van der Waals surface area contributed by atoms with E-state index in [2.05, 4.69) is 18.8 Å². The number of nitrogens with zero attached hydrogens (tertiary/aromatic N) is 1. The standard InChI is InChI=1S/C15H17NO/c1-3-11(4-2)15(17)13-7-8-14-12(10-13)6-5-9-16-14/h5-11H,3-4H2,1-2H3. The van der Waals surface area contributed by atoms with Crippen LogP contribution in [-0.2, 0) is 0 Å². The van der Waals surface area contributed by atoms with Crippen LogP contribution in [0.2, 0.25) is 0 Å². The fraction of sp³-hybridized carbons (Fsp3) is 0.333. The first-order valence-corrected chi connectivity index (χ1v) is 6.15. The van der Waals surface area contributed by atoms with E-state index in [0.29, 0.717) is 0 Å². The minimum Gasteiger partial charge on any atom is -0.294 e. The van der Waals surface area contributed by atoms with Gasteiger partial charge in [-0.05, 0) is 37.1 Å². The molecule has 0 bridgehead atoms. The third kappa shape index (κ3) is 2.36. The lowest BCUT2D eigenvalue weighted by Gasteiger charge is -2.11. The second-order valence-electron chi connectivity index (χ2n) is 4.29. The van der Waals surface area contributed by atoms with Crippen LogP contribution < -0.4 is 0 Å². The van der Waals surface area contributed by atoms with Crippen molar-refractivity contribution < 1.29 is 4.79 Å². The van der Waals surface area contributed by atoms with E-state index in [1.54, 1.807) is 6.20 Å². The average molecular weight is 227 g/mol. The van der Waals surface area contributed by atoms with Gasteiger partial charge >= 0.3 is 0 Å². The van der Waals surface area contributed by atoms with Crippen molar-refractivity contribution in [2.24, 2.45) is 5.92 Å². The molecule has 0 saturated heterocycles. The summed E-state index contributed by atoms with van der Waals surface area (Å²) in [6.45, 7) is 4.13. The zero-order chi connectivity index (χ0) is 12.3. The lowest BCUT2D eigenvalue weighted by atomic mass is 9.92. The van der Waals surface area contributed by atoms with E-state index in [1.807, 2.05) is 30.3 Å². The lowest BCUT2D eigenvalue weighted by Crippen LogP contribution is -2.12. The number of hydrogen-bond donors (Lipinski definition) is 0. The first-order valence-electron chi connectivity index (χ1n) is 6.15. The monoisotopic (exact) mass is 227 g/mol. The van der Waals surface area contributed by atoms with Gasteiger partial charge in [-0.3, -0.25) is 9.78 Å². The molecule has 0 radical (unpaired) electrons. The molecule has 0 fully saturated rings. The molecule has 1 aromatic heterocycles. The minimum absolute atomic E-state index is 0.143. The SMILES string of the molecule is CCC(CC)C(=O)c1ccc2ncccc2c1. The van der Waals surface area contributed by atoms with Crippen LogP contribution in [0.25, 0.3) is 10.9 Å². The number of carbonyl (C=O) groups excluding carboxylic acids is 1. The second kappa shape index (κ2) is 5.09. The van der Waals surface area contributed by atoms with E-state index in [0.717, 1.165) is 29.3 Å². The van der Waals surface area contributed by atoms with Gasteiger partial charge < -0.3 is 0 Å². The van der Waals surface area contributed by atoms with Crippen molar-refractivity contribution in [3.63, 3.8) is 0 Å². The summed E-state index contributed by atoms with van der Waals surface area (Å²) in [5.74, 6) is 0.393. The average Bonchev–Trinajstić information content (AvgIpc) is 2.39. The Morgan fingerprint density at radius 2 is 2.00 bits per heavy atom. The number of benzene rings is 1. The van der Waals surface area contributed by atoms with Crippen molar-refractivity contribution in [2.75, 3.05) is 0 Å². The summed E-state index contributed by atoms with van der Waals surface area (Å²) in [6.07, 6.45) is 3.57.